The van der Waals surface area contributed by atoms with Crippen LogP contribution in [0.15, 0.2) is 47.4 Å². The normalized spacial score (nSPS) is 11.3. The van der Waals surface area contributed by atoms with Crippen molar-refractivity contribution in [3.8, 4) is 11.5 Å². The molecule has 0 saturated carbocycles. The lowest BCUT2D eigenvalue weighted by Crippen LogP contribution is -2.30. The molecule has 0 aliphatic rings. The second-order valence-electron chi connectivity index (χ2n) is 6.17. The van der Waals surface area contributed by atoms with E-state index in [0.29, 0.717) is 23.7 Å². The molecule has 0 aliphatic carbocycles. The molecule has 8 heteroatoms. The summed E-state index contributed by atoms with van der Waals surface area (Å²) >= 11 is 0. The highest BCUT2D eigenvalue weighted by Gasteiger charge is 2.14. The highest BCUT2D eigenvalue weighted by Crippen LogP contribution is 2.31. The zero-order valence-corrected chi connectivity index (χ0v) is 16.7. The first-order chi connectivity index (χ1) is 12.7. The largest absolute Gasteiger partial charge is 0.493 e. The number of nitrogens with one attached hydrogen (secondary N) is 1. The first-order valence-corrected chi connectivity index (χ1v) is 10.1. The van der Waals surface area contributed by atoms with Gasteiger partial charge >= 0.3 is 0 Å². The fourth-order valence-electron chi connectivity index (χ4n) is 2.68. The predicted octanol–water partition coefficient (Wildman–Crippen LogP) is 2.18. The van der Waals surface area contributed by atoms with Crippen LogP contribution in [0.3, 0.4) is 0 Å². The number of sulfone groups is 1. The van der Waals surface area contributed by atoms with Crippen LogP contribution >= 0.6 is 0 Å². The fourth-order valence-corrected chi connectivity index (χ4v) is 3.34. The van der Waals surface area contributed by atoms with E-state index in [2.05, 4.69) is 5.32 Å². The Morgan fingerprint density at radius 3 is 2.44 bits per heavy atom. The summed E-state index contributed by atoms with van der Waals surface area (Å²) < 4.78 is 33.9. The molecule has 0 atom stereocenters. The molecule has 1 N–H and O–H groups in total. The van der Waals surface area contributed by atoms with Gasteiger partial charge in [0.2, 0.25) is 5.91 Å². The minimum absolute atomic E-state index is 0.128. The van der Waals surface area contributed by atoms with E-state index in [0.717, 1.165) is 11.8 Å². The molecule has 7 nitrogen and oxygen atoms in total. The Bertz CT molecular complexity index is 912. The molecule has 0 fully saturated rings. The van der Waals surface area contributed by atoms with Crippen LogP contribution in [0.1, 0.15) is 5.56 Å². The van der Waals surface area contributed by atoms with Gasteiger partial charge in [0.1, 0.15) is 0 Å². The number of hydrogen-bond donors (Lipinski definition) is 1. The van der Waals surface area contributed by atoms with Crippen molar-refractivity contribution in [1.82, 2.24) is 4.90 Å². The second-order valence-corrected chi connectivity index (χ2v) is 8.19. The number of hydrogen-bond acceptors (Lipinski definition) is 6. The maximum atomic E-state index is 12.3. The molecule has 146 valence electrons. The maximum absolute atomic E-state index is 12.3. The number of para-hydroxylation sites is 1. The minimum Gasteiger partial charge on any atom is -0.493 e. The molecule has 27 heavy (non-hydrogen) atoms. The summed E-state index contributed by atoms with van der Waals surface area (Å²) in [6.45, 7) is 0.612. The van der Waals surface area contributed by atoms with E-state index in [1.54, 1.807) is 26.4 Å². The third-order valence-corrected chi connectivity index (χ3v) is 4.99. The fraction of sp³-hybridized carbons (Fsp3) is 0.316. The standard InChI is InChI=1S/C19H24N2O5S/c1-21(12-14-7-5-10-17(25-2)19(14)26-3)13-18(22)20-15-8-6-9-16(11-15)27(4,23)24/h5-11H,12-13H2,1-4H3,(H,20,22). The van der Waals surface area contributed by atoms with E-state index in [4.69, 9.17) is 9.47 Å². The number of nitrogens with zero attached hydrogens (tertiary/aromatic N) is 1. The van der Waals surface area contributed by atoms with Gasteiger partial charge in [-0.2, -0.15) is 0 Å². The monoisotopic (exact) mass is 392 g/mol. The van der Waals surface area contributed by atoms with E-state index in [1.807, 2.05) is 30.1 Å². The molecule has 0 unspecified atom stereocenters. The molecule has 0 saturated heterocycles. The van der Waals surface area contributed by atoms with Gasteiger partial charge in [0.05, 0.1) is 25.7 Å². The Hall–Kier alpha value is -2.58. The van der Waals surface area contributed by atoms with Crippen molar-refractivity contribution in [2.75, 3.05) is 39.4 Å². The predicted molar refractivity (Wildman–Crippen MR) is 104 cm³/mol. The van der Waals surface area contributed by atoms with Crippen molar-refractivity contribution in [3.05, 3.63) is 48.0 Å². The zero-order valence-electron chi connectivity index (χ0n) is 15.9. The second kappa shape index (κ2) is 8.88. The van der Waals surface area contributed by atoms with Gasteiger partial charge in [-0.25, -0.2) is 8.42 Å². The molecule has 0 aromatic heterocycles. The Kier molecular flexibility index (Phi) is 6.81. The first-order valence-electron chi connectivity index (χ1n) is 8.23. The summed E-state index contributed by atoms with van der Waals surface area (Å²) in [6.07, 6.45) is 1.13. The number of rotatable bonds is 8. The number of ether oxygens (including phenoxy) is 2. The number of benzene rings is 2. The summed E-state index contributed by atoms with van der Waals surface area (Å²) in [7, 11) is 1.63. The summed E-state index contributed by atoms with van der Waals surface area (Å²) in [5.41, 5.74) is 1.33. The van der Waals surface area contributed by atoms with Crippen LogP contribution in [0.4, 0.5) is 5.69 Å². The molecule has 0 bridgehead atoms. The van der Waals surface area contributed by atoms with Gasteiger partial charge in [-0.1, -0.05) is 18.2 Å². The molecule has 2 rings (SSSR count). The number of likely N-dealkylation sites (N-methyl/N-ethyl adjacent to an activating group) is 1. The summed E-state index contributed by atoms with van der Waals surface area (Å²) in [6, 6.07) is 11.8. The van der Waals surface area contributed by atoms with Crippen molar-refractivity contribution in [2.24, 2.45) is 0 Å². The zero-order chi connectivity index (χ0) is 20.0. The van der Waals surface area contributed by atoms with Gasteiger partial charge in [-0.3, -0.25) is 9.69 Å². The van der Waals surface area contributed by atoms with Gasteiger partial charge in [0, 0.05) is 24.1 Å². The minimum atomic E-state index is -3.33. The van der Waals surface area contributed by atoms with Gasteiger partial charge < -0.3 is 14.8 Å². The first kappa shape index (κ1) is 20.7. The van der Waals surface area contributed by atoms with Crippen LogP contribution in [0.5, 0.6) is 11.5 Å². The molecule has 2 aromatic carbocycles. The lowest BCUT2D eigenvalue weighted by atomic mass is 10.1. The maximum Gasteiger partial charge on any atom is 0.238 e. The molecule has 2 aromatic rings. The molecule has 0 spiro atoms. The number of amides is 1. The van der Waals surface area contributed by atoms with Crippen LogP contribution in [-0.4, -0.2) is 53.3 Å². The Balaban J connectivity index is 2.03. The SMILES string of the molecule is COc1cccc(CN(C)CC(=O)Nc2cccc(S(C)(=O)=O)c2)c1OC. The highest BCUT2D eigenvalue weighted by molar-refractivity contribution is 7.90. The van der Waals surface area contributed by atoms with Crippen molar-refractivity contribution in [1.29, 1.82) is 0 Å². The van der Waals surface area contributed by atoms with E-state index in [-0.39, 0.29) is 17.3 Å². The molecule has 0 aliphatic heterocycles. The number of anilines is 1. The van der Waals surface area contributed by atoms with Gasteiger partial charge in [0.25, 0.3) is 0 Å². The quantitative estimate of drug-likeness (QED) is 0.741. The molecule has 1 amide bonds. The van der Waals surface area contributed by atoms with Crippen molar-refractivity contribution < 1.29 is 22.7 Å². The topological polar surface area (TPSA) is 84.9 Å². The number of carbonyl (C=O) groups excluding carboxylic acids is 1. The highest BCUT2D eigenvalue weighted by atomic mass is 32.2. The van der Waals surface area contributed by atoms with E-state index >= 15 is 0 Å². The van der Waals surface area contributed by atoms with Gasteiger partial charge in [-0.15, -0.1) is 0 Å². The summed E-state index contributed by atoms with van der Waals surface area (Å²) in [4.78, 5) is 14.3. The van der Waals surface area contributed by atoms with E-state index < -0.39 is 9.84 Å². The Morgan fingerprint density at radius 1 is 1.11 bits per heavy atom. The van der Waals surface area contributed by atoms with Crippen LogP contribution in [0, 0.1) is 0 Å². The smallest absolute Gasteiger partial charge is 0.238 e. The number of methoxy groups -OCH3 is 2. The number of carbonyl (C=O) groups is 1. The third kappa shape index (κ3) is 5.70. The van der Waals surface area contributed by atoms with Crippen LogP contribution in [0.25, 0.3) is 0 Å². The molecule has 0 heterocycles. The summed E-state index contributed by atoms with van der Waals surface area (Å²) in [5, 5.41) is 2.72. The lowest BCUT2D eigenvalue weighted by molar-refractivity contribution is -0.117. The van der Waals surface area contributed by atoms with Gasteiger partial charge in [0.15, 0.2) is 21.3 Å². The van der Waals surface area contributed by atoms with Crippen molar-refractivity contribution >= 4 is 21.4 Å². The average Bonchev–Trinajstić information content (AvgIpc) is 2.60. The average molecular weight is 392 g/mol. The van der Waals surface area contributed by atoms with E-state index in [9.17, 15) is 13.2 Å². The van der Waals surface area contributed by atoms with Crippen LogP contribution in [-0.2, 0) is 21.2 Å². The van der Waals surface area contributed by atoms with E-state index in [1.165, 1.54) is 12.1 Å². The Labute approximate surface area is 159 Å². The lowest BCUT2D eigenvalue weighted by Gasteiger charge is -2.19. The van der Waals surface area contributed by atoms with Crippen LogP contribution < -0.4 is 14.8 Å². The molecular weight excluding hydrogens is 368 g/mol. The molecular formula is C19H24N2O5S. The van der Waals surface area contributed by atoms with Crippen LogP contribution in [0.2, 0.25) is 0 Å². The van der Waals surface area contributed by atoms with Gasteiger partial charge in [-0.05, 0) is 31.3 Å². The summed E-state index contributed by atoms with van der Waals surface area (Å²) in [5.74, 6) is 1.02. The third-order valence-electron chi connectivity index (χ3n) is 3.88. The molecule has 0 radical (unpaired) electrons. The van der Waals surface area contributed by atoms with Crippen molar-refractivity contribution in [2.45, 2.75) is 11.4 Å². The Morgan fingerprint density at radius 2 is 1.81 bits per heavy atom. The van der Waals surface area contributed by atoms with Crippen molar-refractivity contribution in [3.63, 3.8) is 0 Å².